The van der Waals surface area contributed by atoms with Gasteiger partial charge in [0.25, 0.3) is 0 Å². The fraction of sp³-hybridized carbons (Fsp3) is 0.214. The van der Waals surface area contributed by atoms with Gasteiger partial charge in [-0.15, -0.1) is 0 Å². The van der Waals surface area contributed by atoms with Crippen LogP contribution in [-0.2, 0) is 0 Å². The molecule has 1 aromatic heterocycles. The molecular weight excluding hydrogens is 215 g/mol. The number of nitrogens with one attached hydrogen (secondary N) is 1. The zero-order chi connectivity index (χ0) is 12.1. The Kier molecular flexibility index (Phi) is 3.70. The molecule has 0 radical (unpaired) electrons. The molecule has 0 saturated heterocycles. The Morgan fingerprint density at radius 3 is 2.65 bits per heavy atom. The van der Waals surface area contributed by atoms with E-state index < -0.39 is 0 Å². The van der Waals surface area contributed by atoms with Crippen molar-refractivity contribution >= 4 is 5.82 Å². The van der Waals surface area contributed by atoms with Crippen molar-refractivity contribution < 1.29 is 4.39 Å². The predicted octanol–water partition coefficient (Wildman–Crippen LogP) is 3.44. The van der Waals surface area contributed by atoms with Crippen molar-refractivity contribution in [2.24, 2.45) is 0 Å². The first-order chi connectivity index (χ1) is 8.27. The second kappa shape index (κ2) is 5.43. The Morgan fingerprint density at radius 1 is 1.18 bits per heavy atom. The highest BCUT2D eigenvalue weighted by atomic mass is 19.1. The van der Waals surface area contributed by atoms with Gasteiger partial charge in [-0.3, -0.25) is 0 Å². The number of halogens is 1. The maximum atomic E-state index is 13.3. The molecule has 1 N–H and O–H groups in total. The standard InChI is InChI=1S/C14H15FN2/c1-11(12-6-3-2-4-7-12)10-17-14-13(15)8-5-9-16-14/h2-9,11H,10H2,1H3,(H,16,17). The van der Waals surface area contributed by atoms with Gasteiger partial charge in [-0.05, 0) is 23.6 Å². The van der Waals surface area contributed by atoms with Crippen molar-refractivity contribution in [2.45, 2.75) is 12.8 Å². The Morgan fingerprint density at radius 2 is 1.94 bits per heavy atom. The number of rotatable bonds is 4. The lowest BCUT2D eigenvalue weighted by atomic mass is 10.0. The molecule has 0 aliphatic carbocycles. The molecule has 17 heavy (non-hydrogen) atoms. The average molecular weight is 230 g/mol. The summed E-state index contributed by atoms with van der Waals surface area (Å²) in [4.78, 5) is 3.96. The Bertz CT molecular complexity index is 471. The van der Waals surface area contributed by atoms with Gasteiger partial charge < -0.3 is 5.32 Å². The van der Waals surface area contributed by atoms with E-state index in [0.29, 0.717) is 18.3 Å². The van der Waals surface area contributed by atoms with Crippen molar-refractivity contribution in [2.75, 3.05) is 11.9 Å². The maximum absolute atomic E-state index is 13.3. The van der Waals surface area contributed by atoms with Crippen molar-refractivity contribution in [3.05, 3.63) is 60.0 Å². The van der Waals surface area contributed by atoms with Crippen LogP contribution < -0.4 is 5.32 Å². The third kappa shape index (κ3) is 3.03. The number of anilines is 1. The lowest BCUT2D eigenvalue weighted by Gasteiger charge is -2.13. The summed E-state index contributed by atoms with van der Waals surface area (Å²) in [6, 6.07) is 13.1. The first-order valence-corrected chi connectivity index (χ1v) is 5.66. The summed E-state index contributed by atoms with van der Waals surface area (Å²) in [5.74, 6) is 0.320. The molecule has 88 valence electrons. The molecule has 3 heteroatoms. The molecule has 0 bridgehead atoms. The summed E-state index contributed by atoms with van der Waals surface area (Å²) in [7, 11) is 0. The second-order valence-electron chi connectivity index (χ2n) is 4.03. The van der Waals surface area contributed by atoms with Crippen molar-refractivity contribution in [1.29, 1.82) is 0 Å². The van der Waals surface area contributed by atoms with Gasteiger partial charge in [-0.2, -0.15) is 0 Å². The van der Waals surface area contributed by atoms with Crippen LogP contribution in [0.1, 0.15) is 18.4 Å². The van der Waals surface area contributed by atoms with Crippen molar-refractivity contribution in [1.82, 2.24) is 4.98 Å². The van der Waals surface area contributed by atoms with Gasteiger partial charge in [-0.1, -0.05) is 37.3 Å². The van der Waals surface area contributed by atoms with Crippen LogP contribution in [0.15, 0.2) is 48.7 Å². The van der Waals surface area contributed by atoms with E-state index in [4.69, 9.17) is 0 Å². The van der Waals surface area contributed by atoms with E-state index in [0.717, 1.165) is 0 Å². The van der Waals surface area contributed by atoms with E-state index in [9.17, 15) is 4.39 Å². The topological polar surface area (TPSA) is 24.9 Å². The molecule has 2 rings (SSSR count). The van der Waals surface area contributed by atoms with Gasteiger partial charge in [0.05, 0.1) is 0 Å². The van der Waals surface area contributed by atoms with Crippen LogP contribution in [-0.4, -0.2) is 11.5 Å². The zero-order valence-electron chi connectivity index (χ0n) is 9.73. The zero-order valence-corrected chi connectivity index (χ0v) is 9.73. The van der Waals surface area contributed by atoms with Crippen LogP contribution in [0.2, 0.25) is 0 Å². The number of benzene rings is 1. The third-order valence-electron chi connectivity index (χ3n) is 2.70. The Hall–Kier alpha value is -1.90. The van der Waals surface area contributed by atoms with Crippen LogP contribution in [0.4, 0.5) is 10.2 Å². The summed E-state index contributed by atoms with van der Waals surface area (Å²) in [5, 5.41) is 3.03. The second-order valence-corrected chi connectivity index (χ2v) is 4.03. The summed E-state index contributed by atoms with van der Waals surface area (Å²) in [6.07, 6.45) is 1.58. The molecule has 1 heterocycles. The van der Waals surface area contributed by atoms with Gasteiger partial charge in [0, 0.05) is 12.7 Å². The van der Waals surface area contributed by atoms with Gasteiger partial charge in [0.1, 0.15) is 0 Å². The molecule has 0 aliphatic heterocycles. The number of nitrogens with zero attached hydrogens (tertiary/aromatic N) is 1. The molecule has 2 aromatic rings. The smallest absolute Gasteiger partial charge is 0.165 e. The minimum Gasteiger partial charge on any atom is -0.367 e. The van der Waals surface area contributed by atoms with E-state index in [1.54, 1.807) is 12.3 Å². The van der Waals surface area contributed by atoms with Crippen molar-refractivity contribution in [3.8, 4) is 0 Å². The molecule has 0 saturated carbocycles. The third-order valence-corrected chi connectivity index (χ3v) is 2.70. The fourth-order valence-electron chi connectivity index (χ4n) is 1.66. The van der Waals surface area contributed by atoms with Gasteiger partial charge in [0.15, 0.2) is 11.6 Å². The summed E-state index contributed by atoms with van der Waals surface area (Å²) >= 11 is 0. The number of pyridine rings is 1. The van der Waals surface area contributed by atoms with Crippen LogP contribution in [0.5, 0.6) is 0 Å². The van der Waals surface area contributed by atoms with Crippen LogP contribution in [0.3, 0.4) is 0 Å². The summed E-state index contributed by atoms with van der Waals surface area (Å²) in [5.41, 5.74) is 1.23. The van der Waals surface area contributed by atoms with Gasteiger partial charge in [0.2, 0.25) is 0 Å². The van der Waals surface area contributed by atoms with Crippen LogP contribution >= 0.6 is 0 Å². The van der Waals surface area contributed by atoms with Gasteiger partial charge >= 0.3 is 0 Å². The minimum atomic E-state index is -0.312. The lowest BCUT2D eigenvalue weighted by molar-refractivity contribution is 0.622. The van der Waals surface area contributed by atoms with E-state index in [1.165, 1.54) is 11.6 Å². The van der Waals surface area contributed by atoms with E-state index >= 15 is 0 Å². The highest BCUT2D eigenvalue weighted by Crippen LogP contribution is 2.16. The molecule has 0 aliphatic rings. The number of hydrogen-bond acceptors (Lipinski definition) is 2. The highest BCUT2D eigenvalue weighted by Gasteiger charge is 2.06. The van der Waals surface area contributed by atoms with E-state index in [2.05, 4.69) is 29.4 Å². The molecule has 1 aromatic carbocycles. The molecule has 2 nitrogen and oxygen atoms in total. The lowest BCUT2D eigenvalue weighted by Crippen LogP contribution is -2.11. The van der Waals surface area contributed by atoms with Crippen LogP contribution in [0, 0.1) is 5.82 Å². The minimum absolute atomic E-state index is 0.312. The molecule has 0 spiro atoms. The highest BCUT2D eigenvalue weighted by molar-refractivity contribution is 5.36. The van der Waals surface area contributed by atoms with Crippen LogP contribution in [0.25, 0.3) is 0 Å². The Labute approximate surface area is 101 Å². The monoisotopic (exact) mass is 230 g/mol. The quantitative estimate of drug-likeness (QED) is 0.870. The summed E-state index contributed by atoms with van der Waals surface area (Å²) < 4.78 is 13.3. The first-order valence-electron chi connectivity index (χ1n) is 5.66. The molecule has 0 fully saturated rings. The number of hydrogen-bond donors (Lipinski definition) is 1. The Balaban J connectivity index is 1.97. The average Bonchev–Trinajstić information content (AvgIpc) is 2.38. The largest absolute Gasteiger partial charge is 0.367 e. The molecule has 1 unspecified atom stereocenters. The SMILES string of the molecule is CC(CNc1ncccc1F)c1ccccc1. The van der Waals surface area contributed by atoms with E-state index in [-0.39, 0.29) is 5.82 Å². The predicted molar refractivity (Wildman–Crippen MR) is 67.5 cm³/mol. The fourth-order valence-corrected chi connectivity index (χ4v) is 1.66. The number of aromatic nitrogens is 1. The molecule has 0 amide bonds. The molecular formula is C14H15FN2. The maximum Gasteiger partial charge on any atom is 0.165 e. The van der Waals surface area contributed by atoms with Gasteiger partial charge in [-0.25, -0.2) is 9.37 Å². The van der Waals surface area contributed by atoms with Crippen molar-refractivity contribution in [3.63, 3.8) is 0 Å². The van der Waals surface area contributed by atoms with E-state index in [1.807, 2.05) is 18.2 Å². The summed E-state index contributed by atoms with van der Waals surface area (Å²) in [6.45, 7) is 2.77. The first kappa shape index (κ1) is 11.6. The normalized spacial score (nSPS) is 12.1. The molecule has 1 atom stereocenters.